The number of pyridine rings is 1. The number of fused-ring (bicyclic) bond motifs is 1. The lowest BCUT2D eigenvalue weighted by Crippen LogP contribution is -2.19. The second-order valence-corrected chi connectivity index (χ2v) is 7.15. The summed E-state index contributed by atoms with van der Waals surface area (Å²) in [4.78, 5) is 26.0. The first-order valence-corrected chi connectivity index (χ1v) is 9.11. The standard InChI is InChI=1S/C21H20ClFN2O3/c1-24(2)18-10-13(8-14-4-3-5-17(22)19(14)23)9-16-20(18)25(6-7-26)11-15(12-27)21(16)28/h3-5,9-12,26H,6-8H2,1-2H3. The summed E-state index contributed by atoms with van der Waals surface area (Å²) in [5.74, 6) is -0.491. The number of aliphatic hydroxyl groups is 1. The minimum Gasteiger partial charge on any atom is -0.395 e. The monoisotopic (exact) mass is 402 g/mol. The Kier molecular flexibility index (Phi) is 5.82. The van der Waals surface area contributed by atoms with E-state index in [0.29, 0.717) is 28.3 Å². The van der Waals surface area contributed by atoms with Crippen LogP contribution in [0.25, 0.3) is 10.9 Å². The van der Waals surface area contributed by atoms with E-state index in [9.17, 15) is 19.1 Å². The Labute approximate surface area is 166 Å². The van der Waals surface area contributed by atoms with Gasteiger partial charge in [-0.2, -0.15) is 0 Å². The Hall–Kier alpha value is -2.70. The number of rotatable bonds is 6. The molecule has 1 N–H and O–H groups in total. The van der Waals surface area contributed by atoms with Crippen LogP contribution in [0.15, 0.2) is 41.3 Å². The highest BCUT2D eigenvalue weighted by atomic mass is 35.5. The van der Waals surface area contributed by atoms with Crippen molar-refractivity contribution in [2.75, 3.05) is 25.6 Å². The Morgan fingerprint density at radius 1 is 1.29 bits per heavy atom. The van der Waals surface area contributed by atoms with Gasteiger partial charge < -0.3 is 14.6 Å². The highest BCUT2D eigenvalue weighted by Gasteiger charge is 2.16. The lowest BCUT2D eigenvalue weighted by molar-refractivity contribution is 0.112. The summed E-state index contributed by atoms with van der Waals surface area (Å²) >= 11 is 5.88. The molecule has 0 aliphatic heterocycles. The van der Waals surface area contributed by atoms with Gasteiger partial charge in [-0.3, -0.25) is 9.59 Å². The van der Waals surface area contributed by atoms with E-state index in [1.807, 2.05) is 25.1 Å². The van der Waals surface area contributed by atoms with E-state index in [4.69, 9.17) is 11.6 Å². The van der Waals surface area contributed by atoms with Gasteiger partial charge in [-0.25, -0.2) is 4.39 Å². The van der Waals surface area contributed by atoms with Crippen LogP contribution in [-0.4, -0.2) is 36.7 Å². The summed E-state index contributed by atoms with van der Waals surface area (Å²) in [7, 11) is 3.67. The number of aliphatic hydroxyl groups excluding tert-OH is 1. The van der Waals surface area contributed by atoms with Crippen molar-refractivity contribution in [2.24, 2.45) is 0 Å². The number of hydrogen-bond acceptors (Lipinski definition) is 4. The first-order valence-electron chi connectivity index (χ1n) is 8.73. The molecule has 2 aromatic carbocycles. The van der Waals surface area contributed by atoms with Crippen molar-refractivity contribution in [3.05, 3.63) is 74.3 Å². The number of aldehydes is 1. The Morgan fingerprint density at radius 2 is 2.04 bits per heavy atom. The number of hydrogen-bond donors (Lipinski definition) is 1. The van der Waals surface area contributed by atoms with E-state index in [1.54, 1.807) is 22.8 Å². The zero-order valence-corrected chi connectivity index (χ0v) is 16.3. The molecule has 0 saturated carbocycles. The number of carbonyl (C=O) groups is 1. The Bertz CT molecular complexity index is 1110. The molecule has 5 nitrogen and oxygen atoms in total. The molecule has 0 radical (unpaired) electrons. The molecule has 0 unspecified atom stereocenters. The highest BCUT2D eigenvalue weighted by molar-refractivity contribution is 6.30. The van der Waals surface area contributed by atoms with Crippen LogP contribution >= 0.6 is 11.6 Å². The van der Waals surface area contributed by atoms with Crippen LogP contribution in [0.1, 0.15) is 21.5 Å². The smallest absolute Gasteiger partial charge is 0.199 e. The second-order valence-electron chi connectivity index (χ2n) is 6.74. The maximum atomic E-state index is 14.3. The van der Waals surface area contributed by atoms with Crippen LogP contribution in [0.2, 0.25) is 5.02 Å². The maximum Gasteiger partial charge on any atom is 0.199 e. The minimum atomic E-state index is -0.491. The number of nitrogens with zero attached hydrogens (tertiary/aromatic N) is 2. The zero-order chi connectivity index (χ0) is 20.4. The zero-order valence-electron chi connectivity index (χ0n) is 15.6. The van der Waals surface area contributed by atoms with Gasteiger partial charge in [0.05, 0.1) is 28.4 Å². The average molecular weight is 403 g/mol. The number of halogens is 2. The van der Waals surface area contributed by atoms with Crippen molar-refractivity contribution < 1.29 is 14.3 Å². The van der Waals surface area contributed by atoms with Gasteiger partial charge in [-0.15, -0.1) is 0 Å². The fraction of sp³-hybridized carbons (Fsp3) is 0.238. The maximum absolute atomic E-state index is 14.3. The molecule has 1 heterocycles. The van der Waals surface area contributed by atoms with E-state index >= 15 is 0 Å². The normalized spacial score (nSPS) is 11.0. The molecule has 0 amide bonds. The second kappa shape index (κ2) is 8.12. The molecule has 0 saturated heterocycles. The van der Waals surface area contributed by atoms with Gasteiger partial charge in [-0.05, 0) is 29.3 Å². The summed E-state index contributed by atoms with van der Waals surface area (Å²) in [6.45, 7) is 0.0966. The van der Waals surface area contributed by atoms with E-state index in [2.05, 4.69) is 0 Å². The molecule has 28 heavy (non-hydrogen) atoms. The molecular formula is C21H20ClFN2O3. The van der Waals surface area contributed by atoms with Crippen LogP contribution in [0.3, 0.4) is 0 Å². The molecular weight excluding hydrogens is 383 g/mol. The molecule has 0 aliphatic carbocycles. The minimum absolute atomic E-state index is 0.0109. The molecule has 0 atom stereocenters. The number of aromatic nitrogens is 1. The van der Waals surface area contributed by atoms with Gasteiger partial charge in [-0.1, -0.05) is 23.7 Å². The SMILES string of the molecule is CN(C)c1cc(Cc2cccc(Cl)c2F)cc2c(=O)c(C=O)cn(CCO)c12. The van der Waals surface area contributed by atoms with Gasteiger partial charge in [0.2, 0.25) is 0 Å². The van der Waals surface area contributed by atoms with Crippen LogP contribution < -0.4 is 10.3 Å². The van der Waals surface area contributed by atoms with Crippen molar-refractivity contribution in [3.8, 4) is 0 Å². The molecule has 146 valence electrons. The topological polar surface area (TPSA) is 62.5 Å². The third kappa shape index (κ3) is 3.66. The Balaban J connectivity index is 2.29. The molecule has 0 fully saturated rings. The third-order valence-electron chi connectivity index (χ3n) is 4.61. The third-order valence-corrected chi connectivity index (χ3v) is 4.91. The van der Waals surface area contributed by atoms with Crippen LogP contribution in [0.5, 0.6) is 0 Å². The predicted molar refractivity (Wildman–Crippen MR) is 109 cm³/mol. The van der Waals surface area contributed by atoms with Gasteiger partial charge in [0.25, 0.3) is 0 Å². The van der Waals surface area contributed by atoms with Crippen LogP contribution in [-0.2, 0) is 13.0 Å². The number of anilines is 1. The lowest BCUT2D eigenvalue weighted by Gasteiger charge is -2.21. The molecule has 0 aliphatic rings. The largest absolute Gasteiger partial charge is 0.395 e. The van der Waals surface area contributed by atoms with Crippen molar-refractivity contribution in [2.45, 2.75) is 13.0 Å². The van der Waals surface area contributed by atoms with Crippen molar-refractivity contribution >= 4 is 34.5 Å². The quantitative estimate of drug-likeness (QED) is 0.643. The molecule has 7 heteroatoms. The van der Waals surface area contributed by atoms with Crippen molar-refractivity contribution in [1.82, 2.24) is 4.57 Å². The Morgan fingerprint density at radius 3 is 2.68 bits per heavy atom. The highest BCUT2D eigenvalue weighted by Crippen LogP contribution is 2.29. The van der Waals surface area contributed by atoms with Crippen LogP contribution in [0.4, 0.5) is 10.1 Å². The summed E-state index contributed by atoms with van der Waals surface area (Å²) < 4.78 is 16.0. The number of benzene rings is 2. The molecule has 1 aromatic heterocycles. The summed E-state index contributed by atoms with van der Waals surface area (Å²) in [5, 5.41) is 9.78. The molecule has 0 spiro atoms. The van der Waals surface area contributed by atoms with Gasteiger partial charge in [0.1, 0.15) is 5.82 Å². The first kappa shape index (κ1) is 20.0. The van der Waals surface area contributed by atoms with E-state index in [0.717, 1.165) is 5.69 Å². The number of carbonyl (C=O) groups excluding carboxylic acids is 1. The molecule has 3 aromatic rings. The summed E-state index contributed by atoms with van der Waals surface area (Å²) in [6, 6.07) is 8.35. The fourth-order valence-electron chi connectivity index (χ4n) is 3.31. The summed E-state index contributed by atoms with van der Waals surface area (Å²) in [6.07, 6.45) is 2.21. The van der Waals surface area contributed by atoms with Gasteiger partial charge in [0.15, 0.2) is 11.7 Å². The van der Waals surface area contributed by atoms with Crippen LogP contribution in [0, 0.1) is 5.82 Å². The first-order chi connectivity index (χ1) is 13.4. The van der Waals surface area contributed by atoms with E-state index < -0.39 is 11.2 Å². The van der Waals surface area contributed by atoms with Gasteiger partial charge in [0, 0.05) is 38.6 Å². The fourth-order valence-corrected chi connectivity index (χ4v) is 3.51. The van der Waals surface area contributed by atoms with E-state index in [-0.39, 0.29) is 30.2 Å². The van der Waals surface area contributed by atoms with E-state index in [1.165, 1.54) is 12.3 Å². The lowest BCUT2D eigenvalue weighted by atomic mass is 10.00. The molecule has 0 bridgehead atoms. The van der Waals surface area contributed by atoms with Gasteiger partial charge >= 0.3 is 0 Å². The molecule has 3 rings (SSSR count). The predicted octanol–water partition coefficient (Wildman–Crippen LogP) is 3.26. The summed E-state index contributed by atoms with van der Waals surface area (Å²) in [5.41, 5.74) is 2.10. The average Bonchev–Trinajstić information content (AvgIpc) is 2.67. The van der Waals surface area contributed by atoms with Crippen molar-refractivity contribution in [3.63, 3.8) is 0 Å². The van der Waals surface area contributed by atoms with Crippen molar-refractivity contribution in [1.29, 1.82) is 0 Å².